The molecule has 1 saturated heterocycles. The first-order valence-electron chi connectivity index (χ1n) is 11.0. The number of hydrogen-bond donors (Lipinski definition) is 2. The van der Waals surface area contributed by atoms with Crippen LogP contribution in [0.25, 0.3) is 0 Å². The van der Waals surface area contributed by atoms with E-state index >= 15 is 0 Å². The molecule has 0 bridgehead atoms. The lowest BCUT2D eigenvalue weighted by molar-refractivity contribution is -0.139. The summed E-state index contributed by atoms with van der Waals surface area (Å²) >= 11 is 0. The van der Waals surface area contributed by atoms with Crippen molar-refractivity contribution >= 4 is 5.97 Å². The average molecular weight is 386 g/mol. The SMILES string of the molecule is CC1CC(NC2CC(N(CC(=O)O)CC3CC3)C2)CN(Cc2ccccc2)C1. The molecule has 1 aromatic carbocycles. The Hall–Kier alpha value is -1.43. The molecular weight excluding hydrogens is 350 g/mol. The lowest BCUT2D eigenvalue weighted by atomic mass is 9.83. The van der Waals surface area contributed by atoms with E-state index in [1.54, 1.807) is 0 Å². The Balaban J connectivity index is 1.24. The summed E-state index contributed by atoms with van der Waals surface area (Å²) in [6, 6.07) is 12.3. The summed E-state index contributed by atoms with van der Waals surface area (Å²) in [6.07, 6.45) is 6.00. The molecule has 5 nitrogen and oxygen atoms in total. The third-order valence-corrected chi connectivity index (χ3v) is 6.61. The number of likely N-dealkylation sites (tertiary alicyclic amines) is 1. The van der Waals surface area contributed by atoms with Crippen LogP contribution in [0.5, 0.6) is 0 Å². The van der Waals surface area contributed by atoms with Crippen molar-refractivity contribution in [1.29, 1.82) is 0 Å². The van der Waals surface area contributed by atoms with Gasteiger partial charge in [-0.25, -0.2) is 0 Å². The standard InChI is InChI=1S/C23H35N3O2/c1-17-9-21(15-25(12-17)13-18-5-3-2-4-6-18)24-20-10-22(11-20)26(16-23(27)28)14-19-7-8-19/h2-6,17,19-22,24H,7-16H2,1H3,(H,27,28). The number of piperidine rings is 1. The highest BCUT2D eigenvalue weighted by atomic mass is 16.4. The van der Waals surface area contributed by atoms with Gasteiger partial charge in [0.1, 0.15) is 0 Å². The number of benzene rings is 1. The van der Waals surface area contributed by atoms with E-state index in [4.69, 9.17) is 0 Å². The van der Waals surface area contributed by atoms with Gasteiger partial charge in [0.05, 0.1) is 6.54 Å². The Morgan fingerprint density at radius 3 is 2.57 bits per heavy atom. The fraction of sp³-hybridized carbons (Fsp3) is 0.696. The molecule has 0 radical (unpaired) electrons. The molecule has 5 heteroatoms. The molecule has 1 aromatic rings. The van der Waals surface area contributed by atoms with Crippen molar-refractivity contribution in [3.8, 4) is 0 Å². The van der Waals surface area contributed by atoms with Gasteiger partial charge in [-0.3, -0.25) is 14.6 Å². The second-order valence-corrected chi connectivity index (χ2v) is 9.47. The van der Waals surface area contributed by atoms with E-state index in [0.29, 0.717) is 24.0 Å². The van der Waals surface area contributed by atoms with E-state index in [9.17, 15) is 9.90 Å². The third-order valence-electron chi connectivity index (χ3n) is 6.61. The number of rotatable bonds is 9. The maximum atomic E-state index is 11.2. The first-order valence-corrected chi connectivity index (χ1v) is 11.0. The van der Waals surface area contributed by atoms with Crippen LogP contribution in [0, 0.1) is 11.8 Å². The van der Waals surface area contributed by atoms with Gasteiger partial charge in [-0.05, 0) is 49.5 Å². The molecule has 1 aliphatic heterocycles. The molecule has 3 fully saturated rings. The largest absolute Gasteiger partial charge is 0.480 e. The zero-order chi connectivity index (χ0) is 19.5. The molecule has 2 N–H and O–H groups in total. The van der Waals surface area contributed by atoms with Crippen molar-refractivity contribution in [2.75, 3.05) is 26.2 Å². The molecule has 2 aliphatic carbocycles. The first-order chi connectivity index (χ1) is 13.5. The summed E-state index contributed by atoms with van der Waals surface area (Å²) in [5.41, 5.74) is 1.39. The van der Waals surface area contributed by atoms with E-state index in [0.717, 1.165) is 38.4 Å². The van der Waals surface area contributed by atoms with Gasteiger partial charge < -0.3 is 10.4 Å². The normalized spacial score (nSPS) is 30.9. The second kappa shape index (κ2) is 8.93. The Morgan fingerprint density at radius 1 is 1.14 bits per heavy atom. The van der Waals surface area contributed by atoms with E-state index in [1.165, 1.54) is 31.4 Å². The molecule has 4 rings (SSSR count). The van der Waals surface area contributed by atoms with Crippen LogP contribution < -0.4 is 5.32 Å². The molecule has 1 heterocycles. The minimum Gasteiger partial charge on any atom is -0.480 e. The predicted molar refractivity (Wildman–Crippen MR) is 111 cm³/mol. The van der Waals surface area contributed by atoms with Crippen LogP contribution in [-0.2, 0) is 11.3 Å². The quantitative estimate of drug-likeness (QED) is 0.685. The summed E-state index contributed by atoms with van der Waals surface area (Å²) in [5.74, 6) is 0.774. The average Bonchev–Trinajstić information content (AvgIpc) is 3.41. The van der Waals surface area contributed by atoms with E-state index in [2.05, 4.69) is 52.4 Å². The number of carboxylic acids is 1. The molecule has 0 aromatic heterocycles. The fourth-order valence-electron chi connectivity index (χ4n) is 5.06. The van der Waals surface area contributed by atoms with E-state index < -0.39 is 5.97 Å². The summed E-state index contributed by atoms with van der Waals surface area (Å²) in [6.45, 7) is 6.87. The van der Waals surface area contributed by atoms with Crippen molar-refractivity contribution in [3.05, 3.63) is 35.9 Å². The van der Waals surface area contributed by atoms with Crippen LogP contribution >= 0.6 is 0 Å². The highest BCUT2D eigenvalue weighted by Crippen LogP contribution is 2.34. The Morgan fingerprint density at radius 2 is 1.89 bits per heavy atom. The van der Waals surface area contributed by atoms with Crippen LogP contribution in [-0.4, -0.2) is 65.2 Å². The molecule has 0 amide bonds. The topological polar surface area (TPSA) is 55.8 Å². The first kappa shape index (κ1) is 19.9. The summed E-state index contributed by atoms with van der Waals surface area (Å²) < 4.78 is 0. The smallest absolute Gasteiger partial charge is 0.317 e. The van der Waals surface area contributed by atoms with Crippen LogP contribution in [0.1, 0.15) is 44.6 Å². The minimum absolute atomic E-state index is 0.208. The Labute approximate surface area is 169 Å². The molecule has 2 atom stereocenters. The maximum absolute atomic E-state index is 11.2. The Kier molecular flexibility index (Phi) is 6.34. The molecule has 2 saturated carbocycles. The van der Waals surface area contributed by atoms with E-state index in [-0.39, 0.29) is 6.54 Å². The van der Waals surface area contributed by atoms with Gasteiger partial charge in [-0.1, -0.05) is 37.3 Å². The monoisotopic (exact) mass is 385 g/mol. The minimum atomic E-state index is -0.685. The Bertz CT molecular complexity index is 643. The van der Waals surface area contributed by atoms with Crippen LogP contribution in [0.15, 0.2) is 30.3 Å². The highest BCUT2D eigenvalue weighted by molar-refractivity contribution is 5.69. The number of nitrogens with zero attached hydrogens (tertiary/aromatic N) is 2. The molecule has 0 spiro atoms. The van der Waals surface area contributed by atoms with Gasteiger partial charge in [0.25, 0.3) is 0 Å². The van der Waals surface area contributed by atoms with Crippen LogP contribution in [0.4, 0.5) is 0 Å². The van der Waals surface area contributed by atoms with Crippen molar-refractivity contribution in [2.45, 2.75) is 63.7 Å². The summed E-state index contributed by atoms with van der Waals surface area (Å²) in [5, 5.41) is 13.1. The van der Waals surface area contributed by atoms with Crippen LogP contribution in [0.2, 0.25) is 0 Å². The van der Waals surface area contributed by atoms with Crippen LogP contribution in [0.3, 0.4) is 0 Å². The van der Waals surface area contributed by atoms with E-state index in [1.807, 2.05) is 0 Å². The number of hydrogen-bond acceptors (Lipinski definition) is 4. The van der Waals surface area contributed by atoms with Gasteiger partial charge in [0.15, 0.2) is 0 Å². The van der Waals surface area contributed by atoms with Crippen molar-refractivity contribution in [1.82, 2.24) is 15.1 Å². The van der Waals surface area contributed by atoms with Gasteiger partial charge in [-0.15, -0.1) is 0 Å². The fourth-order valence-corrected chi connectivity index (χ4v) is 5.06. The predicted octanol–water partition coefficient (Wildman–Crippen LogP) is 2.81. The zero-order valence-electron chi connectivity index (χ0n) is 17.1. The van der Waals surface area contributed by atoms with Crippen molar-refractivity contribution < 1.29 is 9.90 Å². The van der Waals surface area contributed by atoms with Gasteiger partial charge >= 0.3 is 5.97 Å². The lowest BCUT2D eigenvalue weighted by Gasteiger charge is -2.46. The number of aliphatic carboxylic acids is 1. The van der Waals surface area contributed by atoms with Gasteiger partial charge in [0, 0.05) is 44.3 Å². The van der Waals surface area contributed by atoms with Gasteiger partial charge in [0.2, 0.25) is 0 Å². The zero-order valence-corrected chi connectivity index (χ0v) is 17.1. The molecule has 28 heavy (non-hydrogen) atoms. The molecular formula is C23H35N3O2. The van der Waals surface area contributed by atoms with Crippen molar-refractivity contribution in [2.24, 2.45) is 11.8 Å². The summed E-state index contributed by atoms with van der Waals surface area (Å²) in [7, 11) is 0. The summed E-state index contributed by atoms with van der Waals surface area (Å²) in [4.78, 5) is 16.0. The molecule has 3 aliphatic rings. The van der Waals surface area contributed by atoms with Gasteiger partial charge in [-0.2, -0.15) is 0 Å². The lowest BCUT2D eigenvalue weighted by Crippen LogP contribution is -2.59. The highest BCUT2D eigenvalue weighted by Gasteiger charge is 2.38. The maximum Gasteiger partial charge on any atom is 0.317 e. The molecule has 154 valence electrons. The number of carboxylic acid groups (broad SMARTS) is 1. The second-order valence-electron chi connectivity index (χ2n) is 9.47. The van der Waals surface area contributed by atoms with Crippen molar-refractivity contribution in [3.63, 3.8) is 0 Å². The number of carbonyl (C=O) groups is 1. The number of nitrogens with one attached hydrogen (secondary N) is 1. The third kappa shape index (κ3) is 5.56. The molecule has 2 unspecified atom stereocenters.